The quantitative estimate of drug-likeness (QED) is 0.926. The van der Waals surface area contributed by atoms with Crippen LogP contribution in [0, 0.1) is 5.82 Å². The minimum atomic E-state index is -0.303. The van der Waals surface area contributed by atoms with Crippen LogP contribution in [0.4, 0.5) is 4.39 Å². The van der Waals surface area contributed by atoms with Gasteiger partial charge in [-0.2, -0.15) is 0 Å². The molecule has 0 spiro atoms. The Morgan fingerprint density at radius 1 is 1.35 bits per heavy atom. The Morgan fingerprint density at radius 3 is 2.75 bits per heavy atom. The number of hydrogen-bond donors (Lipinski definition) is 1. The summed E-state index contributed by atoms with van der Waals surface area (Å²) in [6.07, 6.45) is 2.39. The highest BCUT2D eigenvalue weighted by Gasteiger charge is 2.09. The molecule has 0 aliphatic carbocycles. The van der Waals surface area contributed by atoms with Crippen LogP contribution >= 0.6 is 0 Å². The van der Waals surface area contributed by atoms with Crippen molar-refractivity contribution in [3.63, 3.8) is 0 Å². The van der Waals surface area contributed by atoms with Crippen molar-refractivity contribution in [1.29, 1.82) is 0 Å². The third-order valence-corrected chi connectivity index (χ3v) is 3.14. The molecule has 0 aliphatic rings. The van der Waals surface area contributed by atoms with E-state index in [4.69, 9.17) is 0 Å². The van der Waals surface area contributed by atoms with Gasteiger partial charge in [-0.3, -0.25) is 9.78 Å². The van der Waals surface area contributed by atoms with Crippen molar-refractivity contribution in [2.45, 2.75) is 26.3 Å². The average Bonchev–Trinajstić information content (AvgIpc) is 2.47. The number of nitrogens with zero attached hydrogens (tertiary/aromatic N) is 1. The number of hydrogen-bond acceptors (Lipinski definition) is 2. The summed E-state index contributed by atoms with van der Waals surface area (Å²) >= 11 is 0. The Labute approximate surface area is 117 Å². The molecule has 0 radical (unpaired) electrons. The number of halogens is 1. The van der Waals surface area contributed by atoms with Gasteiger partial charge in [-0.15, -0.1) is 0 Å². The summed E-state index contributed by atoms with van der Waals surface area (Å²) in [6, 6.07) is 9.77. The molecule has 0 unspecified atom stereocenters. The van der Waals surface area contributed by atoms with Gasteiger partial charge in [-0.05, 0) is 37.6 Å². The van der Waals surface area contributed by atoms with Crippen LogP contribution in [0.25, 0.3) is 11.3 Å². The maximum atomic E-state index is 13.2. The zero-order valence-corrected chi connectivity index (χ0v) is 11.6. The monoisotopic (exact) mass is 272 g/mol. The minimum absolute atomic E-state index is 0.130. The number of pyridine rings is 1. The Kier molecular flexibility index (Phi) is 4.45. The molecule has 1 aromatic heterocycles. The summed E-state index contributed by atoms with van der Waals surface area (Å²) in [6.45, 7) is 3.96. The van der Waals surface area contributed by atoms with E-state index in [2.05, 4.69) is 10.3 Å². The molecule has 0 bridgehead atoms. The second kappa shape index (κ2) is 6.28. The van der Waals surface area contributed by atoms with Gasteiger partial charge in [0.2, 0.25) is 0 Å². The first-order valence-corrected chi connectivity index (χ1v) is 6.63. The zero-order valence-electron chi connectivity index (χ0n) is 11.6. The maximum absolute atomic E-state index is 13.2. The number of carbonyl (C=O) groups is 1. The highest BCUT2D eigenvalue weighted by atomic mass is 19.1. The summed E-state index contributed by atoms with van der Waals surface area (Å²) in [5.74, 6) is -0.444. The highest BCUT2D eigenvalue weighted by Crippen LogP contribution is 2.17. The van der Waals surface area contributed by atoms with Crippen molar-refractivity contribution in [2.24, 2.45) is 0 Å². The standard InChI is InChI=1S/C16H17FN2O/c1-3-11(2)19-16(20)13-7-8-15(18-10-13)12-5-4-6-14(17)9-12/h4-11H,3H2,1-2H3,(H,19,20)/t11-/m1/s1. The van der Waals surface area contributed by atoms with Gasteiger partial charge in [0.15, 0.2) is 0 Å². The lowest BCUT2D eigenvalue weighted by atomic mass is 10.1. The summed E-state index contributed by atoms with van der Waals surface area (Å²) in [4.78, 5) is 16.1. The lowest BCUT2D eigenvalue weighted by molar-refractivity contribution is 0.0939. The molecule has 2 rings (SSSR count). The smallest absolute Gasteiger partial charge is 0.253 e. The lowest BCUT2D eigenvalue weighted by Gasteiger charge is -2.11. The predicted octanol–water partition coefficient (Wildman–Crippen LogP) is 3.42. The minimum Gasteiger partial charge on any atom is -0.350 e. The fourth-order valence-electron chi connectivity index (χ4n) is 1.76. The van der Waals surface area contributed by atoms with Gasteiger partial charge in [-0.1, -0.05) is 19.1 Å². The molecule has 0 fully saturated rings. The van der Waals surface area contributed by atoms with E-state index < -0.39 is 0 Å². The van der Waals surface area contributed by atoms with Crippen LogP contribution in [0.1, 0.15) is 30.6 Å². The maximum Gasteiger partial charge on any atom is 0.253 e. The first kappa shape index (κ1) is 14.2. The van der Waals surface area contributed by atoms with Gasteiger partial charge < -0.3 is 5.32 Å². The van der Waals surface area contributed by atoms with Crippen LogP contribution < -0.4 is 5.32 Å². The number of benzene rings is 1. The average molecular weight is 272 g/mol. The molecule has 0 aliphatic heterocycles. The topological polar surface area (TPSA) is 42.0 Å². The molecule has 4 heteroatoms. The van der Waals surface area contributed by atoms with Crippen molar-refractivity contribution >= 4 is 5.91 Å². The number of carbonyl (C=O) groups excluding carboxylic acids is 1. The van der Waals surface area contributed by atoms with E-state index in [0.29, 0.717) is 16.8 Å². The van der Waals surface area contributed by atoms with Gasteiger partial charge in [0.1, 0.15) is 5.82 Å². The number of nitrogens with one attached hydrogen (secondary N) is 1. The van der Waals surface area contributed by atoms with Gasteiger partial charge in [-0.25, -0.2) is 4.39 Å². The van der Waals surface area contributed by atoms with E-state index >= 15 is 0 Å². The molecule has 1 aromatic carbocycles. The van der Waals surface area contributed by atoms with Crippen LogP contribution in [-0.2, 0) is 0 Å². The summed E-state index contributed by atoms with van der Waals surface area (Å²) in [5, 5.41) is 2.88. The Balaban J connectivity index is 2.16. The molecule has 1 N–H and O–H groups in total. The predicted molar refractivity (Wildman–Crippen MR) is 76.9 cm³/mol. The van der Waals surface area contributed by atoms with Gasteiger partial charge >= 0.3 is 0 Å². The van der Waals surface area contributed by atoms with E-state index in [9.17, 15) is 9.18 Å². The Hall–Kier alpha value is -2.23. The van der Waals surface area contributed by atoms with Gasteiger partial charge in [0, 0.05) is 17.8 Å². The zero-order chi connectivity index (χ0) is 14.5. The Morgan fingerprint density at radius 2 is 2.15 bits per heavy atom. The van der Waals surface area contributed by atoms with E-state index in [1.54, 1.807) is 24.3 Å². The number of rotatable bonds is 4. The third kappa shape index (κ3) is 3.41. The first-order chi connectivity index (χ1) is 9.60. The van der Waals surface area contributed by atoms with Crippen LogP contribution in [-0.4, -0.2) is 16.9 Å². The van der Waals surface area contributed by atoms with Crippen molar-refractivity contribution in [1.82, 2.24) is 10.3 Å². The fraction of sp³-hybridized carbons (Fsp3) is 0.250. The van der Waals surface area contributed by atoms with Crippen LogP contribution in [0.5, 0.6) is 0 Å². The van der Waals surface area contributed by atoms with E-state index in [1.807, 2.05) is 13.8 Å². The van der Waals surface area contributed by atoms with Crippen LogP contribution in [0.3, 0.4) is 0 Å². The molecule has 0 saturated carbocycles. The molecule has 20 heavy (non-hydrogen) atoms. The van der Waals surface area contributed by atoms with E-state index in [0.717, 1.165) is 6.42 Å². The van der Waals surface area contributed by atoms with Crippen molar-refractivity contribution in [3.05, 3.63) is 54.0 Å². The fourth-order valence-corrected chi connectivity index (χ4v) is 1.76. The van der Waals surface area contributed by atoms with Crippen molar-refractivity contribution in [3.8, 4) is 11.3 Å². The number of amides is 1. The first-order valence-electron chi connectivity index (χ1n) is 6.63. The normalized spacial score (nSPS) is 11.9. The van der Waals surface area contributed by atoms with Crippen LogP contribution in [0.15, 0.2) is 42.6 Å². The molecule has 1 amide bonds. The highest BCUT2D eigenvalue weighted by molar-refractivity contribution is 5.94. The number of aromatic nitrogens is 1. The second-order valence-corrected chi connectivity index (χ2v) is 4.73. The Bertz CT molecular complexity index is 596. The van der Waals surface area contributed by atoms with Crippen LogP contribution in [0.2, 0.25) is 0 Å². The molecule has 0 saturated heterocycles. The molecule has 3 nitrogen and oxygen atoms in total. The van der Waals surface area contributed by atoms with E-state index in [1.165, 1.54) is 18.3 Å². The molecule has 1 heterocycles. The summed E-state index contributed by atoms with van der Waals surface area (Å²) < 4.78 is 13.2. The second-order valence-electron chi connectivity index (χ2n) is 4.73. The summed E-state index contributed by atoms with van der Waals surface area (Å²) in [7, 11) is 0. The molecular weight excluding hydrogens is 255 g/mol. The molecular formula is C16H17FN2O. The van der Waals surface area contributed by atoms with Crippen molar-refractivity contribution in [2.75, 3.05) is 0 Å². The van der Waals surface area contributed by atoms with Gasteiger partial charge in [0.05, 0.1) is 11.3 Å². The molecule has 2 aromatic rings. The van der Waals surface area contributed by atoms with Crippen molar-refractivity contribution < 1.29 is 9.18 Å². The SMILES string of the molecule is CC[C@@H](C)NC(=O)c1ccc(-c2cccc(F)c2)nc1. The largest absolute Gasteiger partial charge is 0.350 e. The third-order valence-electron chi connectivity index (χ3n) is 3.14. The van der Waals surface area contributed by atoms with E-state index in [-0.39, 0.29) is 17.8 Å². The van der Waals surface area contributed by atoms with Gasteiger partial charge in [0.25, 0.3) is 5.91 Å². The molecule has 1 atom stereocenters. The lowest BCUT2D eigenvalue weighted by Crippen LogP contribution is -2.31. The summed E-state index contributed by atoms with van der Waals surface area (Å²) in [5.41, 5.74) is 1.84. The molecule has 104 valence electrons.